The van der Waals surface area contributed by atoms with Gasteiger partial charge < -0.3 is 9.84 Å². The number of nitrogens with zero attached hydrogens (tertiary/aromatic N) is 1. The van der Waals surface area contributed by atoms with Crippen LogP contribution in [0.4, 0.5) is 5.13 Å². The summed E-state index contributed by atoms with van der Waals surface area (Å²) in [7, 11) is 1.59. The number of aliphatic hydroxyl groups excluding tert-OH is 1. The van der Waals surface area contributed by atoms with Gasteiger partial charge in [0, 0.05) is 13.3 Å². The van der Waals surface area contributed by atoms with Gasteiger partial charge in [0.15, 0.2) is 5.13 Å². The minimum absolute atomic E-state index is 0.460. The van der Waals surface area contributed by atoms with Gasteiger partial charge in [0.2, 0.25) is 0 Å². The van der Waals surface area contributed by atoms with Gasteiger partial charge >= 0.3 is 0 Å². The first kappa shape index (κ1) is 10.1. The van der Waals surface area contributed by atoms with Gasteiger partial charge in [-0.2, -0.15) is 0 Å². The molecule has 0 aromatic carbocycles. The molecule has 0 saturated heterocycles. The van der Waals surface area contributed by atoms with Gasteiger partial charge in [-0.05, 0) is 0 Å². The Labute approximate surface area is 79.4 Å². The zero-order valence-corrected chi connectivity index (χ0v) is 7.93. The second-order valence-electron chi connectivity index (χ2n) is 2.27. The van der Waals surface area contributed by atoms with E-state index in [2.05, 4.69) is 10.3 Å². The summed E-state index contributed by atoms with van der Waals surface area (Å²) < 4.78 is 4.88. The normalized spacial score (nSPS) is 10.0. The number of carbonyl (C=O) groups excluding carboxylic acids is 1. The van der Waals surface area contributed by atoms with Crippen LogP contribution in [0.3, 0.4) is 0 Å². The Balaban J connectivity index is 2.53. The smallest absolute Gasteiger partial charge is 0.251 e. The van der Waals surface area contributed by atoms with Crippen molar-refractivity contribution in [2.75, 3.05) is 19.0 Å². The van der Waals surface area contributed by atoms with Gasteiger partial charge in [0.1, 0.15) is 6.61 Å². The van der Waals surface area contributed by atoms with Crippen molar-refractivity contribution in [3.05, 3.63) is 11.1 Å². The molecule has 1 amide bonds. The summed E-state index contributed by atoms with van der Waals surface area (Å²) in [6, 6.07) is 0. The number of carbonyl (C=O) groups is 1. The molecular weight excluding hydrogens is 192 g/mol. The standard InChI is InChI=1S/C7H10N2O3S/c1-12-4-5-2-8-7(13-5)9-6(11)3-10/h2,10H,3-4H2,1H3,(H,8,9,11). The highest BCUT2D eigenvalue weighted by molar-refractivity contribution is 7.15. The molecular formula is C7H10N2O3S. The van der Waals surface area contributed by atoms with Gasteiger partial charge in [0.25, 0.3) is 5.91 Å². The third-order valence-corrected chi connectivity index (χ3v) is 2.12. The topological polar surface area (TPSA) is 71.5 Å². The quantitative estimate of drug-likeness (QED) is 0.732. The van der Waals surface area contributed by atoms with Crippen molar-refractivity contribution in [1.29, 1.82) is 0 Å². The number of rotatable bonds is 4. The van der Waals surface area contributed by atoms with Gasteiger partial charge in [-0.1, -0.05) is 11.3 Å². The van der Waals surface area contributed by atoms with E-state index in [1.807, 2.05) is 0 Å². The molecule has 0 bridgehead atoms. The highest BCUT2D eigenvalue weighted by atomic mass is 32.1. The summed E-state index contributed by atoms with van der Waals surface area (Å²) >= 11 is 1.32. The number of thiazole rings is 1. The first-order valence-electron chi connectivity index (χ1n) is 3.60. The lowest BCUT2D eigenvalue weighted by molar-refractivity contribution is -0.118. The molecule has 0 radical (unpaired) electrons. The molecule has 5 nitrogen and oxygen atoms in total. The highest BCUT2D eigenvalue weighted by Crippen LogP contribution is 2.18. The Morgan fingerprint density at radius 2 is 2.62 bits per heavy atom. The Bertz CT molecular complexity index is 287. The Kier molecular flexibility index (Phi) is 3.81. The third-order valence-electron chi connectivity index (χ3n) is 1.23. The second-order valence-corrected chi connectivity index (χ2v) is 3.39. The third kappa shape index (κ3) is 3.10. The summed E-state index contributed by atoms with van der Waals surface area (Å²) in [5, 5.41) is 11.4. The number of ether oxygens (including phenoxy) is 1. The van der Waals surface area contributed by atoms with Gasteiger partial charge in [-0.15, -0.1) is 0 Å². The molecule has 2 N–H and O–H groups in total. The predicted molar refractivity (Wildman–Crippen MR) is 48.5 cm³/mol. The summed E-state index contributed by atoms with van der Waals surface area (Å²) in [6.45, 7) is -0.0497. The van der Waals surface area contributed by atoms with E-state index >= 15 is 0 Å². The molecule has 0 aliphatic rings. The molecule has 0 atom stereocenters. The van der Waals surface area contributed by atoms with Crippen molar-refractivity contribution in [2.24, 2.45) is 0 Å². The molecule has 1 aromatic heterocycles. The number of nitrogens with one attached hydrogen (secondary N) is 1. The van der Waals surface area contributed by atoms with Crippen molar-refractivity contribution in [1.82, 2.24) is 4.98 Å². The maximum Gasteiger partial charge on any atom is 0.251 e. The van der Waals surface area contributed by atoms with Crippen molar-refractivity contribution < 1.29 is 14.6 Å². The fourth-order valence-electron chi connectivity index (χ4n) is 0.733. The van der Waals surface area contributed by atoms with E-state index in [4.69, 9.17) is 9.84 Å². The Morgan fingerprint density at radius 1 is 1.85 bits per heavy atom. The van der Waals surface area contributed by atoms with Crippen molar-refractivity contribution in [2.45, 2.75) is 6.61 Å². The molecule has 1 aromatic rings. The summed E-state index contributed by atoms with van der Waals surface area (Å²) in [6.07, 6.45) is 1.63. The fraction of sp³-hybridized carbons (Fsp3) is 0.429. The molecule has 0 fully saturated rings. The number of hydrogen-bond donors (Lipinski definition) is 2. The molecule has 13 heavy (non-hydrogen) atoms. The van der Waals surface area contributed by atoms with E-state index in [1.54, 1.807) is 13.3 Å². The highest BCUT2D eigenvalue weighted by Gasteiger charge is 2.04. The Hall–Kier alpha value is -0.980. The lowest BCUT2D eigenvalue weighted by Crippen LogP contribution is -2.14. The van der Waals surface area contributed by atoms with Gasteiger partial charge in [0.05, 0.1) is 11.5 Å². The minimum atomic E-state index is -0.529. The minimum Gasteiger partial charge on any atom is -0.387 e. The largest absolute Gasteiger partial charge is 0.387 e. The van der Waals surface area contributed by atoms with Crippen molar-refractivity contribution in [3.63, 3.8) is 0 Å². The van der Waals surface area contributed by atoms with Crippen LogP contribution in [0, 0.1) is 0 Å². The lowest BCUT2D eigenvalue weighted by atomic mass is 10.6. The van der Waals surface area contributed by atoms with E-state index in [0.717, 1.165) is 4.88 Å². The van der Waals surface area contributed by atoms with Crippen LogP contribution in [0.15, 0.2) is 6.20 Å². The van der Waals surface area contributed by atoms with E-state index < -0.39 is 12.5 Å². The predicted octanol–water partition coefficient (Wildman–Crippen LogP) is 0.220. The summed E-state index contributed by atoms with van der Waals surface area (Å²) in [5.41, 5.74) is 0. The molecule has 0 saturated carbocycles. The number of anilines is 1. The zero-order chi connectivity index (χ0) is 9.68. The molecule has 0 spiro atoms. The maximum atomic E-state index is 10.7. The van der Waals surface area contributed by atoms with Gasteiger partial charge in [-0.25, -0.2) is 4.98 Å². The monoisotopic (exact) mass is 202 g/mol. The molecule has 0 aliphatic carbocycles. The van der Waals surface area contributed by atoms with Crippen LogP contribution < -0.4 is 5.32 Å². The number of hydrogen-bond acceptors (Lipinski definition) is 5. The maximum absolute atomic E-state index is 10.7. The molecule has 72 valence electrons. The summed E-state index contributed by atoms with van der Waals surface area (Å²) in [4.78, 5) is 15.6. The molecule has 0 unspecified atom stereocenters. The van der Waals surface area contributed by atoms with Crippen molar-refractivity contribution in [3.8, 4) is 0 Å². The van der Waals surface area contributed by atoms with E-state index in [0.29, 0.717) is 11.7 Å². The van der Waals surface area contributed by atoms with Crippen LogP contribution in [-0.2, 0) is 16.1 Å². The van der Waals surface area contributed by atoms with E-state index in [9.17, 15) is 4.79 Å². The van der Waals surface area contributed by atoms with E-state index in [1.165, 1.54) is 11.3 Å². The number of amides is 1. The molecule has 0 aliphatic heterocycles. The number of aliphatic hydroxyl groups is 1. The lowest BCUT2D eigenvalue weighted by Gasteiger charge is -1.95. The number of aromatic nitrogens is 1. The number of methoxy groups -OCH3 is 1. The van der Waals surface area contributed by atoms with Crippen LogP contribution in [-0.4, -0.2) is 29.7 Å². The first-order valence-corrected chi connectivity index (χ1v) is 4.42. The van der Waals surface area contributed by atoms with Crippen LogP contribution in [0.2, 0.25) is 0 Å². The summed E-state index contributed by atoms with van der Waals surface area (Å²) in [5.74, 6) is -0.460. The average Bonchev–Trinajstić information content (AvgIpc) is 2.53. The van der Waals surface area contributed by atoms with Gasteiger partial charge in [-0.3, -0.25) is 10.1 Å². The van der Waals surface area contributed by atoms with Crippen LogP contribution in [0.5, 0.6) is 0 Å². The Morgan fingerprint density at radius 3 is 3.23 bits per heavy atom. The zero-order valence-electron chi connectivity index (χ0n) is 7.11. The fourth-order valence-corrected chi connectivity index (χ4v) is 1.53. The molecule has 1 heterocycles. The van der Waals surface area contributed by atoms with Crippen LogP contribution in [0.1, 0.15) is 4.88 Å². The average molecular weight is 202 g/mol. The van der Waals surface area contributed by atoms with Crippen LogP contribution in [0.25, 0.3) is 0 Å². The molecule has 6 heteroatoms. The van der Waals surface area contributed by atoms with E-state index in [-0.39, 0.29) is 0 Å². The second kappa shape index (κ2) is 4.90. The van der Waals surface area contributed by atoms with Crippen molar-refractivity contribution >= 4 is 22.4 Å². The van der Waals surface area contributed by atoms with Crippen LogP contribution >= 0.6 is 11.3 Å². The first-order chi connectivity index (χ1) is 6.26. The SMILES string of the molecule is COCc1cnc(NC(=O)CO)s1. The molecule has 1 rings (SSSR count).